The third-order valence-corrected chi connectivity index (χ3v) is 6.59. The zero-order valence-electron chi connectivity index (χ0n) is 16.7. The van der Waals surface area contributed by atoms with Crippen molar-refractivity contribution in [3.63, 3.8) is 0 Å². The Labute approximate surface area is 183 Å². The second kappa shape index (κ2) is 9.78. The fourth-order valence-corrected chi connectivity index (χ4v) is 4.72. The van der Waals surface area contributed by atoms with E-state index in [1.807, 2.05) is 17.5 Å². The summed E-state index contributed by atoms with van der Waals surface area (Å²) < 4.78 is 1.69. The number of thioether (sulfide) groups is 1. The number of fused-ring (bicyclic) bond motifs is 1. The van der Waals surface area contributed by atoms with Crippen LogP contribution in [0.2, 0.25) is 5.02 Å². The van der Waals surface area contributed by atoms with Crippen LogP contribution in [0.5, 0.6) is 0 Å². The van der Waals surface area contributed by atoms with Crippen molar-refractivity contribution < 1.29 is 4.79 Å². The number of thiophene rings is 1. The van der Waals surface area contributed by atoms with Gasteiger partial charge in [-0.2, -0.15) is 0 Å². The van der Waals surface area contributed by atoms with E-state index < -0.39 is 0 Å². The lowest BCUT2D eigenvalue weighted by Crippen LogP contribution is -2.28. The van der Waals surface area contributed by atoms with Gasteiger partial charge in [-0.3, -0.25) is 14.2 Å². The molecule has 0 bridgehead atoms. The van der Waals surface area contributed by atoms with Crippen LogP contribution in [0.3, 0.4) is 0 Å². The molecule has 5 nitrogen and oxygen atoms in total. The quantitative estimate of drug-likeness (QED) is 0.362. The maximum absolute atomic E-state index is 13.0. The molecule has 1 aromatic carbocycles. The van der Waals surface area contributed by atoms with Crippen LogP contribution >= 0.6 is 34.7 Å². The number of nitrogens with zero attached hydrogens (tertiary/aromatic N) is 3. The Balaban J connectivity index is 1.83. The van der Waals surface area contributed by atoms with Crippen molar-refractivity contribution in [2.24, 2.45) is 5.92 Å². The molecular formula is C21H24ClN3O2S2. The lowest BCUT2D eigenvalue weighted by Gasteiger charge is -2.17. The van der Waals surface area contributed by atoms with E-state index >= 15 is 0 Å². The smallest absolute Gasteiger partial charge is 0.262 e. The fraction of sp³-hybridized carbons (Fsp3) is 0.381. The molecule has 0 aliphatic carbocycles. The average Bonchev–Trinajstić information content (AvgIpc) is 3.18. The summed E-state index contributed by atoms with van der Waals surface area (Å²) in [6.07, 6.45) is 0.862. The highest BCUT2D eigenvalue weighted by Gasteiger charge is 2.16. The standard InChI is InChI=1S/C21H24ClN3O2S2/c1-14(2)8-9-25-20(27)17-7-6-15(22)11-18(17)23-21(25)29-13-19(26)24(3)12-16-5-4-10-28-16/h4-7,10-11,14H,8-9,12-13H2,1-3H3. The highest BCUT2D eigenvalue weighted by atomic mass is 35.5. The van der Waals surface area contributed by atoms with Gasteiger partial charge in [0.1, 0.15) is 0 Å². The minimum absolute atomic E-state index is 0.000695. The molecule has 8 heteroatoms. The number of carbonyl (C=O) groups is 1. The minimum Gasteiger partial charge on any atom is -0.340 e. The van der Waals surface area contributed by atoms with Crippen LogP contribution in [0.4, 0.5) is 0 Å². The number of benzene rings is 1. The van der Waals surface area contributed by atoms with Crippen LogP contribution in [0.15, 0.2) is 45.7 Å². The van der Waals surface area contributed by atoms with Gasteiger partial charge in [-0.25, -0.2) is 4.98 Å². The molecule has 0 radical (unpaired) electrons. The highest BCUT2D eigenvalue weighted by Crippen LogP contribution is 2.22. The van der Waals surface area contributed by atoms with Crippen molar-refractivity contribution in [1.82, 2.24) is 14.5 Å². The van der Waals surface area contributed by atoms with Crippen molar-refractivity contribution >= 4 is 51.5 Å². The van der Waals surface area contributed by atoms with Crippen molar-refractivity contribution in [3.05, 3.63) is 56.0 Å². The van der Waals surface area contributed by atoms with Gasteiger partial charge in [0, 0.05) is 23.5 Å². The van der Waals surface area contributed by atoms with Crippen molar-refractivity contribution in [2.75, 3.05) is 12.8 Å². The number of rotatable bonds is 8. The Morgan fingerprint density at radius 1 is 1.34 bits per heavy atom. The number of amides is 1. The summed E-state index contributed by atoms with van der Waals surface area (Å²) in [5.41, 5.74) is 0.472. The number of carbonyl (C=O) groups excluding carboxylic acids is 1. The van der Waals surface area contributed by atoms with E-state index in [1.54, 1.807) is 46.1 Å². The monoisotopic (exact) mass is 449 g/mol. The summed E-state index contributed by atoms with van der Waals surface area (Å²) in [7, 11) is 1.79. The zero-order chi connectivity index (χ0) is 21.0. The minimum atomic E-state index is -0.0887. The predicted octanol–water partition coefficient (Wildman–Crippen LogP) is 4.91. The van der Waals surface area contributed by atoms with Gasteiger partial charge in [0.05, 0.1) is 23.2 Å². The van der Waals surface area contributed by atoms with E-state index in [-0.39, 0.29) is 17.2 Å². The Bertz CT molecular complexity index is 1050. The predicted molar refractivity (Wildman–Crippen MR) is 122 cm³/mol. The molecule has 0 saturated carbocycles. The highest BCUT2D eigenvalue weighted by molar-refractivity contribution is 7.99. The lowest BCUT2D eigenvalue weighted by molar-refractivity contribution is -0.127. The van der Waals surface area contributed by atoms with Crippen molar-refractivity contribution in [3.8, 4) is 0 Å². The molecule has 0 aliphatic rings. The molecule has 3 rings (SSSR count). The second-order valence-electron chi connectivity index (χ2n) is 7.31. The number of hydrogen-bond donors (Lipinski definition) is 0. The molecule has 29 heavy (non-hydrogen) atoms. The molecule has 3 aromatic rings. The van der Waals surface area contributed by atoms with Crippen LogP contribution in [0, 0.1) is 5.92 Å². The first-order chi connectivity index (χ1) is 13.8. The van der Waals surface area contributed by atoms with Gasteiger partial charge in [0.2, 0.25) is 5.91 Å². The number of aromatic nitrogens is 2. The maximum Gasteiger partial charge on any atom is 0.262 e. The van der Waals surface area contributed by atoms with Gasteiger partial charge in [-0.05, 0) is 42.0 Å². The average molecular weight is 450 g/mol. The molecular weight excluding hydrogens is 426 g/mol. The summed E-state index contributed by atoms with van der Waals surface area (Å²) >= 11 is 9.02. The first-order valence-corrected chi connectivity index (χ1v) is 11.7. The summed E-state index contributed by atoms with van der Waals surface area (Å²) in [6.45, 7) is 5.39. The van der Waals surface area contributed by atoms with E-state index in [2.05, 4.69) is 18.8 Å². The van der Waals surface area contributed by atoms with Gasteiger partial charge in [0.25, 0.3) is 5.56 Å². The van der Waals surface area contributed by atoms with Gasteiger partial charge in [0.15, 0.2) is 5.16 Å². The molecule has 0 atom stereocenters. The largest absolute Gasteiger partial charge is 0.340 e. The fourth-order valence-electron chi connectivity index (χ4n) is 2.83. The summed E-state index contributed by atoms with van der Waals surface area (Å²) in [5, 5.41) is 3.64. The van der Waals surface area contributed by atoms with Gasteiger partial charge < -0.3 is 4.90 Å². The molecule has 2 heterocycles. The van der Waals surface area contributed by atoms with Crippen LogP contribution in [0.1, 0.15) is 25.1 Å². The SMILES string of the molecule is CC(C)CCn1c(SCC(=O)N(C)Cc2cccs2)nc2cc(Cl)ccc2c1=O. The van der Waals surface area contributed by atoms with Crippen LogP contribution in [-0.2, 0) is 17.9 Å². The Morgan fingerprint density at radius 2 is 2.14 bits per heavy atom. The normalized spacial score (nSPS) is 11.3. The van der Waals surface area contributed by atoms with Crippen LogP contribution in [0.25, 0.3) is 10.9 Å². The van der Waals surface area contributed by atoms with E-state index in [1.165, 1.54) is 11.8 Å². The molecule has 0 saturated heterocycles. The number of hydrogen-bond acceptors (Lipinski definition) is 5. The molecule has 0 aliphatic heterocycles. The van der Waals surface area contributed by atoms with Gasteiger partial charge in [-0.15, -0.1) is 11.3 Å². The van der Waals surface area contributed by atoms with Crippen molar-refractivity contribution in [1.29, 1.82) is 0 Å². The molecule has 0 spiro atoms. The Morgan fingerprint density at radius 3 is 2.83 bits per heavy atom. The second-order valence-corrected chi connectivity index (χ2v) is 9.72. The third-order valence-electron chi connectivity index (χ3n) is 4.54. The zero-order valence-corrected chi connectivity index (χ0v) is 19.1. The Hall–Kier alpha value is -1.83. The summed E-state index contributed by atoms with van der Waals surface area (Å²) in [6, 6.07) is 9.10. The maximum atomic E-state index is 13.0. The van der Waals surface area contributed by atoms with Crippen LogP contribution in [-0.4, -0.2) is 33.2 Å². The van der Waals surface area contributed by atoms with Gasteiger partial charge >= 0.3 is 0 Å². The summed E-state index contributed by atoms with van der Waals surface area (Å²) in [4.78, 5) is 33.1. The molecule has 0 fully saturated rings. The first-order valence-electron chi connectivity index (χ1n) is 9.44. The molecule has 0 N–H and O–H groups in total. The molecule has 2 aromatic heterocycles. The van der Waals surface area contributed by atoms with Crippen LogP contribution < -0.4 is 5.56 Å². The molecule has 154 valence electrons. The van der Waals surface area contributed by atoms with Crippen molar-refractivity contribution in [2.45, 2.75) is 38.5 Å². The third kappa shape index (κ3) is 5.62. The van der Waals surface area contributed by atoms with E-state index in [4.69, 9.17) is 11.6 Å². The lowest BCUT2D eigenvalue weighted by atomic mass is 10.1. The topological polar surface area (TPSA) is 55.2 Å². The van der Waals surface area contributed by atoms with E-state index in [0.717, 1.165) is 11.3 Å². The summed E-state index contributed by atoms with van der Waals surface area (Å²) in [5.74, 6) is 0.681. The first kappa shape index (κ1) is 21.9. The Kier molecular flexibility index (Phi) is 7.38. The van der Waals surface area contributed by atoms with Gasteiger partial charge in [-0.1, -0.05) is 43.3 Å². The van der Waals surface area contributed by atoms with E-state index in [0.29, 0.717) is 40.1 Å². The van der Waals surface area contributed by atoms with E-state index in [9.17, 15) is 9.59 Å². The number of halogens is 1. The molecule has 1 amide bonds. The molecule has 0 unspecified atom stereocenters.